The van der Waals surface area contributed by atoms with Gasteiger partial charge < -0.3 is 20.3 Å². The monoisotopic (exact) mass is 325 g/mol. The molecule has 1 heterocycles. The molecule has 1 fully saturated rings. The van der Waals surface area contributed by atoms with Gasteiger partial charge >= 0.3 is 0 Å². The van der Waals surface area contributed by atoms with E-state index < -0.39 is 0 Å². The summed E-state index contributed by atoms with van der Waals surface area (Å²) < 4.78 is 4.91. The van der Waals surface area contributed by atoms with Gasteiger partial charge in [0.2, 0.25) is 11.8 Å². The van der Waals surface area contributed by atoms with Crippen LogP contribution in [-0.2, 0) is 14.3 Å². The number of nitrogens with zero attached hydrogens (tertiary/aromatic N) is 1. The van der Waals surface area contributed by atoms with Gasteiger partial charge in [-0.1, -0.05) is 6.92 Å². The Kier molecular flexibility index (Phi) is 10.9. The molecule has 0 spiro atoms. The first-order chi connectivity index (χ1) is 9.20. The molecule has 1 saturated heterocycles. The van der Waals surface area contributed by atoms with Crippen molar-refractivity contribution in [3.05, 3.63) is 0 Å². The van der Waals surface area contributed by atoms with Crippen molar-refractivity contribution in [2.24, 2.45) is 0 Å². The van der Waals surface area contributed by atoms with Crippen molar-refractivity contribution in [1.29, 1.82) is 0 Å². The minimum atomic E-state index is -0.309. The summed E-state index contributed by atoms with van der Waals surface area (Å²) in [7, 11) is 1.65. The van der Waals surface area contributed by atoms with Crippen LogP contribution in [0.5, 0.6) is 0 Å². The molecule has 0 saturated carbocycles. The van der Waals surface area contributed by atoms with Crippen molar-refractivity contribution < 1.29 is 14.3 Å². The largest absolute Gasteiger partial charge is 0.383 e. The minimum Gasteiger partial charge on any atom is -0.383 e. The number of hydrogen-bond acceptors (Lipinski definition) is 5. The van der Waals surface area contributed by atoms with Crippen LogP contribution in [-0.4, -0.2) is 67.7 Å². The van der Waals surface area contributed by atoms with Crippen molar-refractivity contribution in [3.8, 4) is 0 Å². The summed E-state index contributed by atoms with van der Waals surface area (Å²) in [5.41, 5.74) is 0. The number of halogens is 1. The average Bonchev–Trinajstić information content (AvgIpc) is 2.91. The van der Waals surface area contributed by atoms with Crippen LogP contribution < -0.4 is 10.6 Å². The van der Waals surface area contributed by atoms with Crippen LogP contribution in [0.25, 0.3) is 0 Å². The summed E-state index contributed by atoms with van der Waals surface area (Å²) >= 11 is 1.62. The molecule has 8 heteroatoms. The SMILES string of the molecule is CCC(=O)N1CSCC1C(=O)NCCNCCOC.Cl. The lowest BCUT2D eigenvalue weighted by atomic mass is 10.2. The second kappa shape index (κ2) is 11.2. The lowest BCUT2D eigenvalue weighted by Gasteiger charge is -2.22. The lowest BCUT2D eigenvalue weighted by Crippen LogP contribution is -2.48. The van der Waals surface area contributed by atoms with Gasteiger partial charge in [0.25, 0.3) is 0 Å². The van der Waals surface area contributed by atoms with Crippen LogP contribution in [0.15, 0.2) is 0 Å². The van der Waals surface area contributed by atoms with E-state index in [1.165, 1.54) is 0 Å². The molecule has 1 rings (SSSR count). The van der Waals surface area contributed by atoms with E-state index in [1.807, 2.05) is 6.92 Å². The first kappa shape index (κ1) is 19.5. The molecule has 0 aromatic rings. The van der Waals surface area contributed by atoms with E-state index in [9.17, 15) is 9.59 Å². The molecule has 1 atom stereocenters. The van der Waals surface area contributed by atoms with Gasteiger partial charge in [0, 0.05) is 38.9 Å². The molecule has 6 nitrogen and oxygen atoms in total. The third-order valence-electron chi connectivity index (χ3n) is 2.89. The molecule has 1 aliphatic heterocycles. The average molecular weight is 326 g/mol. The predicted molar refractivity (Wildman–Crippen MR) is 83.3 cm³/mol. The van der Waals surface area contributed by atoms with Gasteiger partial charge in [0.05, 0.1) is 12.5 Å². The number of nitrogens with one attached hydrogen (secondary N) is 2. The Morgan fingerprint density at radius 3 is 2.75 bits per heavy atom. The highest BCUT2D eigenvalue weighted by Gasteiger charge is 2.33. The number of methoxy groups -OCH3 is 1. The summed E-state index contributed by atoms with van der Waals surface area (Å²) in [4.78, 5) is 25.3. The minimum absolute atomic E-state index is 0. The van der Waals surface area contributed by atoms with E-state index >= 15 is 0 Å². The van der Waals surface area contributed by atoms with Crippen molar-refractivity contribution in [1.82, 2.24) is 15.5 Å². The number of ether oxygens (including phenoxy) is 1. The number of carbonyl (C=O) groups is 2. The molecule has 118 valence electrons. The van der Waals surface area contributed by atoms with Crippen LogP contribution in [0.3, 0.4) is 0 Å². The van der Waals surface area contributed by atoms with Gasteiger partial charge in [-0.2, -0.15) is 0 Å². The van der Waals surface area contributed by atoms with Crippen molar-refractivity contribution in [3.63, 3.8) is 0 Å². The maximum atomic E-state index is 12.0. The van der Waals surface area contributed by atoms with Crippen LogP contribution in [0.1, 0.15) is 13.3 Å². The van der Waals surface area contributed by atoms with Crippen LogP contribution in [0.4, 0.5) is 0 Å². The number of amides is 2. The maximum Gasteiger partial charge on any atom is 0.243 e. The molecule has 1 unspecified atom stereocenters. The Morgan fingerprint density at radius 2 is 2.10 bits per heavy atom. The zero-order chi connectivity index (χ0) is 14.1. The fourth-order valence-corrected chi connectivity index (χ4v) is 2.98. The number of thioether (sulfide) groups is 1. The molecule has 0 aromatic carbocycles. The zero-order valence-electron chi connectivity index (χ0n) is 12.0. The Balaban J connectivity index is 0.00000361. The topological polar surface area (TPSA) is 70.7 Å². The van der Waals surface area contributed by atoms with E-state index in [1.54, 1.807) is 23.8 Å². The highest BCUT2D eigenvalue weighted by Crippen LogP contribution is 2.21. The van der Waals surface area contributed by atoms with Gasteiger partial charge in [-0.25, -0.2) is 0 Å². The first-order valence-corrected chi connectivity index (χ1v) is 7.70. The van der Waals surface area contributed by atoms with Gasteiger partial charge in [-0.3, -0.25) is 9.59 Å². The highest BCUT2D eigenvalue weighted by molar-refractivity contribution is 7.99. The quantitative estimate of drug-likeness (QED) is 0.618. The highest BCUT2D eigenvalue weighted by atomic mass is 35.5. The van der Waals surface area contributed by atoms with Crippen molar-refractivity contribution in [2.75, 3.05) is 45.0 Å². The second-order valence-electron chi connectivity index (χ2n) is 4.27. The standard InChI is InChI=1S/C12H23N3O3S.ClH/c1-3-11(16)15-9-19-8-10(15)12(17)14-5-4-13-6-7-18-2;/h10,13H,3-9H2,1-2H3,(H,14,17);1H. The summed E-state index contributed by atoms with van der Waals surface area (Å²) in [5.74, 6) is 1.30. The van der Waals surface area contributed by atoms with Crippen LogP contribution >= 0.6 is 24.2 Å². The number of carbonyl (C=O) groups excluding carboxylic acids is 2. The summed E-state index contributed by atoms with van der Waals surface area (Å²) in [6.45, 7) is 4.52. The van der Waals surface area contributed by atoms with Gasteiger partial charge in [-0.05, 0) is 0 Å². The molecule has 0 aliphatic carbocycles. The predicted octanol–water partition coefficient (Wildman–Crippen LogP) is 0.0719. The normalized spacial score (nSPS) is 17.7. The molecular weight excluding hydrogens is 302 g/mol. The first-order valence-electron chi connectivity index (χ1n) is 6.55. The summed E-state index contributed by atoms with van der Waals surface area (Å²) in [5, 5.41) is 6.01. The zero-order valence-corrected chi connectivity index (χ0v) is 13.6. The molecule has 1 aliphatic rings. The van der Waals surface area contributed by atoms with E-state index in [2.05, 4.69) is 10.6 Å². The third-order valence-corrected chi connectivity index (χ3v) is 3.90. The maximum absolute atomic E-state index is 12.0. The molecule has 0 radical (unpaired) electrons. The Labute approximate surface area is 130 Å². The van der Waals surface area contributed by atoms with Gasteiger partial charge in [0.1, 0.15) is 6.04 Å². The van der Waals surface area contributed by atoms with Gasteiger partial charge in [-0.15, -0.1) is 24.2 Å². The fourth-order valence-electron chi connectivity index (χ4n) is 1.80. The Bertz CT molecular complexity index is 308. The van der Waals surface area contributed by atoms with Crippen LogP contribution in [0, 0.1) is 0 Å². The second-order valence-corrected chi connectivity index (χ2v) is 5.27. The fraction of sp³-hybridized carbons (Fsp3) is 0.833. The van der Waals surface area contributed by atoms with Gasteiger partial charge in [0.15, 0.2) is 0 Å². The molecule has 20 heavy (non-hydrogen) atoms. The third kappa shape index (κ3) is 6.30. The Morgan fingerprint density at radius 1 is 1.35 bits per heavy atom. The van der Waals surface area contributed by atoms with E-state index in [0.29, 0.717) is 37.7 Å². The number of hydrogen-bond donors (Lipinski definition) is 2. The molecule has 2 N–H and O–H groups in total. The molecular formula is C12H24ClN3O3S. The number of rotatable bonds is 8. The van der Waals surface area contributed by atoms with E-state index in [-0.39, 0.29) is 30.3 Å². The van der Waals surface area contributed by atoms with Crippen LogP contribution in [0.2, 0.25) is 0 Å². The molecule has 2 amide bonds. The van der Waals surface area contributed by atoms with E-state index in [0.717, 1.165) is 6.54 Å². The molecule has 0 bridgehead atoms. The van der Waals surface area contributed by atoms with Crippen molar-refractivity contribution in [2.45, 2.75) is 19.4 Å². The van der Waals surface area contributed by atoms with E-state index in [4.69, 9.17) is 4.74 Å². The summed E-state index contributed by atoms with van der Waals surface area (Å²) in [6, 6.07) is -0.309. The Hall–Kier alpha value is -0.500. The summed E-state index contributed by atoms with van der Waals surface area (Å²) in [6.07, 6.45) is 0.447. The molecule has 0 aromatic heterocycles. The lowest BCUT2D eigenvalue weighted by molar-refractivity contribution is -0.137. The van der Waals surface area contributed by atoms with Crippen molar-refractivity contribution >= 4 is 36.0 Å². The smallest absolute Gasteiger partial charge is 0.243 e.